The zero-order chi connectivity index (χ0) is 25.3. The second-order valence-electron chi connectivity index (χ2n) is 10.7. The molecule has 0 spiro atoms. The summed E-state index contributed by atoms with van der Waals surface area (Å²) in [5.41, 5.74) is 10.2. The number of hydrogen-bond acceptors (Lipinski definition) is 3. The summed E-state index contributed by atoms with van der Waals surface area (Å²) in [6.45, 7) is 12.4. The molecule has 1 unspecified atom stereocenters. The molecule has 0 N–H and O–H groups in total. The molecule has 0 radical (unpaired) electrons. The van der Waals surface area contributed by atoms with E-state index >= 15 is 0 Å². The number of carbonyl (C=O) groups is 1. The lowest BCUT2D eigenvalue weighted by Gasteiger charge is -2.31. The van der Waals surface area contributed by atoms with Gasteiger partial charge in [-0.2, -0.15) is 0 Å². The van der Waals surface area contributed by atoms with Gasteiger partial charge in [-0.1, -0.05) is 61.5 Å². The van der Waals surface area contributed by atoms with Gasteiger partial charge < -0.3 is 9.47 Å². The van der Waals surface area contributed by atoms with Crippen molar-refractivity contribution < 1.29 is 14.3 Å². The van der Waals surface area contributed by atoms with Crippen LogP contribution in [0.4, 0.5) is 0 Å². The average Bonchev–Trinajstić information content (AvgIpc) is 3.67. The van der Waals surface area contributed by atoms with Crippen molar-refractivity contribution in [2.45, 2.75) is 78.4 Å². The SMILES string of the molecule is CCc1cc(-c2c(C3CC3)c(-c3ccccc3)cc(C)c2C(OC(C)(C)C)C(=O)OC)ccc1C. The zero-order valence-corrected chi connectivity index (χ0v) is 22.2. The third-order valence-corrected chi connectivity index (χ3v) is 6.85. The van der Waals surface area contributed by atoms with Gasteiger partial charge in [-0.05, 0) is 104 Å². The van der Waals surface area contributed by atoms with Gasteiger partial charge >= 0.3 is 5.97 Å². The van der Waals surface area contributed by atoms with E-state index in [2.05, 4.69) is 75.4 Å². The van der Waals surface area contributed by atoms with Crippen molar-refractivity contribution in [3.8, 4) is 22.3 Å². The second kappa shape index (κ2) is 9.99. The minimum atomic E-state index is -0.802. The first kappa shape index (κ1) is 25.2. The maximum absolute atomic E-state index is 13.2. The maximum Gasteiger partial charge on any atom is 0.339 e. The van der Waals surface area contributed by atoms with E-state index in [9.17, 15) is 4.79 Å². The van der Waals surface area contributed by atoms with Gasteiger partial charge in [-0.3, -0.25) is 0 Å². The molecule has 1 aliphatic rings. The highest BCUT2D eigenvalue weighted by Gasteiger charge is 2.37. The molecule has 0 heterocycles. The molecule has 1 aliphatic carbocycles. The lowest BCUT2D eigenvalue weighted by Crippen LogP contribution is -2.29. The molecule has 0 aromatic heterocycles. The standard InChI is InChI=1S/C32H38O3/c1-8-22-19-25(15-14-20(22)2)29-27(30(31(33)34-7)35-32(4,5)6)21(3)18-26(28(29)24-16-17-24)23-12-10-9-11-13-23/h9-15,18-19,24,30H,8,16-17H2,1-7H3. The fourth-order valence-corrected chi connectivity index (χ4v) is 5.04. The molecule has 3 aromatic carbocycles. The Labute approximate surface area is 210 Å². The molecule has 1 saturated carbocycles. The smallest absolute Gasteiger partial charge is 0.339 e. The predicted molar refractivity (Wildman–Crippen MR) is 144 cm³/mol. The average molecular weight is 471 g/mol. The van der Waals surface area contributed by atoms with Crippen LogP contribution >= 0.6 is 0 Å². The summed E-state index contributed by atoms with van der Waals surface area (Å²) in [5, 5.41) is 0. The molecule has 3 heteroatoms. The van der Waals surface area contributed by atoms with Crippen molar-refractivity contribution >= 4 is 5.97 Å². The highest BCUT2D eigenvalue weighted by Crippen LogP contribution is 2.52. The quantitative estimate of drug-likeness (QED) is 0.327. The van der Waals surface area contributed by atoms with Crippen molar-refractivity contribution in [2.75, 3.05) is 7.11 Å². The Bertz CT molecular complexity index is 1210. The van der Waals surface area contributed by atoms with Crippen molar-refractivity contribution in [2.24, 2.45) is 0 Å². The van der Waals surface area contributed by atoms with Gasteiger partial charge in [0.05, 0.1) is 12.7 Å². The Morgan fingerprint density at radius 1 is 0.971 bits per heavy atom. The van der Waals surface area contributed by atoms with Crippen molar-refractivity contribution in [3.63, 3.8) is 0 Å². The molecule has 35 heavy (non-hydrogen) atoms. The zero-order valence-electron chi connectivity index (χ0n) is 22.2. The maximum atomic E-state index is 13.2. The van der Waals surface area contributed by atoms with E-state index in [1.54, 1.807) is 0 Å². The van der Waals surface area contributed by atoms with Crippen molar-refractivity contribution in [1.29, 1.82) is 0 Å². The number of aryl methyl sites for hydroxylation is 3. The number of esters is 1. The molecule has 4 rings (SSSR count). The summed E-state index contributed by atoms with van der Waals surface area (Å²) < 4.78 is 11.7. The highest BCUT2D eigenvalue weighted by atomic mass is 16.6. The van der Waals surface area contributed by atoms with Gasteiger partial charge in [0.25, 0.3) is 0 Å². The van der Waals surface area contributed by atoms with Crippen LogP contribution in [0.1, 0.15) is 80.4 Å². The minimum absolute atomic E-state index is 0.360. The minimum Gasteiger partial charge on any atom is -0.467 e. The second-order valence-corrected chi connectivity index (χ2v) is 10.7. The first-order chi connectivity index (χ1) is 16.6. The van der Waals surface area contributed by atoms with Crippen LogP contribution in [-0.4, -0.2) is 18.7 Å². The molecule has 3 aromatic rings. The van der Waals surface area contributed by atoms with Crippen LogP contribution in [0, 0.1) is 13.8 Å². The summed E-state index contributed by atoms with van der Waals surface area (Å²) in [6.07, 6.45) is 2.48. The molecule has 3 nitrogen and oxygen atoms in total. The molecular weight excluding hydrogens is 432 g/mol. The molecule has 0 aliphatic heterocycles. The Kier molecular flexibility index (Phi) is 7.19. The van der Waals surface area contributed by atoms with Crippen molar-refractivity contribution in [1.82, 2.24) is 0 Å². The van der Waals surface area contributed by atoms with E-state index in [0.717, 1.165) is 41.5 Å². The third-order valence-electron chi connectivity index (χ3n) is 6.85. The van der Waals surface area contributed by atoms with Crippen LogP contribution in [0.25, 0.3) is 22.3 Å². The number of ether oxygens (including phenoxy) is 2. The number of methoxy groups -OCH3 is 1. The van der Waals surface area contributed by atoms with E-state index in [1.165, 1.54) is 34.9 Å². The van der Waals surface area contributed by atoms with Crippen molar-refractivity contribution in [3.05, 3.63) is 82.4 Å². The van der Waals surface area contributed by atoms with Crippen LogP contribution < -0.4 is 0 Å². The van der Waals surface area contributed by atoms with E-state index in [4.69, 9.17) is 9.47 Å². The van der Waals surface area contributed by atoms with Gasteiger partial charge in [0.15, 0.2) is 6.10 Å². The largest absolute Gasteiger partial charge is 0.467 e. The summed E-state index contributed by atoms with van der Waals surface area (Å²) in [6, 6.07) is 19.6. The molecule has 0 saturated heterocycles. The van der Waals surface area contributed by atoms with E-state index in [1.807, 2.05) is 20.8 Å². The van der Waals surface area contributed by atoms with Crippen LogP contribution in [0.5, 0.6) is 0 Å². The van der Waals surface area contributed by atoms with E-state index in [-0.39, 0.29) is 5.97 Å². The normalized spacial score (nSPS) is 14.6. The fourth-order valence-electron chi connectivity index (χ4n) is 5.04. The Morgan fingerprint density at radius 2 is 1.66 bits per heavy atom. The highest BCUT2D eigenvalue weighted by molar-refractivity contribution is 5.88. The van der Waals surface area contributed by atoms with E-state index in [0.29, 0.717) is 5.92 Å². The van der Waals surface area contributed by atoms with Gasteiger partial charge in [-0.15, -0.1) is 0 Å². The first-order valence-electron chi connectivity index (χ1n) is 12.7. The Hall–Kier alpha value is -2.91. The van der Waals surface area contributed by atoms with Gasteiger partial charge in [0.2, 0.25) is 0 Å². The predicted octanol–water partition coefficient (Wildman–Crippen LogP) is 8.11. The van der Waals surface area contributed by atoms with Gasteiger partial charge in [0, 0.05) is 5.56 Å². The van der Waals surface area contributed by atoms with Crippen LogP contribution in [0.2, 0.25) is 0 Å². The lowest BCUT2D eigenvalue weighted by atomic mass is 9.81. The summed E-state index contributed by atoms with van der Waals surface area (Å²) in [5.74, 6) is 0.111. The van der Waals surface area contributed by atoms with Crippen LogP contribution in [0.15, 0.2) is 54.6 Å². The Balaban J connectivity index is 2.10. The number of rotatable bonds is 7. The topological polar surface area (TPSA) is 35.5 Å². The molecule has 1 fully saturated rings. The lowest BCUT2D eigenvalue weighted by molar-refractivity contribution is -0.164. The van der Waals surface area contributed by atoms with Gasteiger partial charge in [-0.25, -0.2) is 4.79 Å². The molecule has 184 valence electrons. The Morgan fingerprint density at radius 3 is 2.23 bits per heavy atom. The molecular formula is C32H38O3. The number of hydrogen-bond donors (Lipinski definition) is 0. The first-order valence-corrected chi connectivity index (χ1v) is 12.7. The van der Waals surface area contributed by atoms with Crippen LogP contribution in [-0.2, 0) is 20.7 Å². The van der Waals surface area contributed by atoms with Crippen LogP contribution in [0.3, 0.4) is 0 Å². The molecule has 0 bridgehead atoms. The summed E-state index contributed by atoms with van der Waals surface area (Å²) in [7, 11) is 1.44. The summed E-state index contributed by atoms with van der Waals surface area (Å²) in [4.78, 5) is 13.2. The number of carbonyl (C=O) groups excluding carboxylic acids is 1. The van der Waals surface area contributed by atoms with Gasteiger partial charge in [0.1, 0.15) is 0 Å². The monoisotopic (exact) mass is 470 g/mol. The third kappa shape index (κ3) is 5.36. The molecule has 1 atom stereocenters. The van der Waals surface area contributed by atoms with E-state index < -0.39 is 11.7 Å². The number of benzene rings is 3. The fraction of sp³-hybridized carbons (Fsp3) is 0.406. The molecule has 0 amide bonds. The summed E-state index contributed by atoms with van der Waals surface area (Å²) >= 11 is 0.